The largest absolute Gasteiger partial charge is 0.507 e. The molecule has 1 fully saturated rings. The molecule has 3 heteroatoms. The molecule has 110 valence electrons. The first-order valence-corrected chi connectivity index (χ1v) is 7.35. The average molecular weight is 274 g/mol. The molecule has 2 unspecified atom stereocenters. The van der Waals surface area contributed by atoms with E-state index in [1.807, 2.05) is 24.3 Å². The van der Waals surface area contributed by atoms with Gasteiger partial charge in [-0.05, 0) is 30.2 Å². The molecule has 0 amide bonds. The monoisotopic (exact) mass is 274 g/mol. The third-order valence-corrected chi connectivity index (χ3v) is 4.11. The van der Waals surface area contributed by atoms with Gasteiger partial charge in [0.05, 0.1) is 0 Å². The van der Waals surface area contributed by atoms with Gasteiger partial charge in [0.2, 0.25) is 0 Å². The van der Waals surface area contributed by atoms with Crippen LogP contribution in [0.2, 0.25) is 0 Å². The molecule has 2 atom stereocenters. The van der Waals surface area contributed by atoms with Crippen LogP contribution in [0.5, 0.6) is 5.75 Å². The molecular weight excluding hydrogens is 248 g/mol. The van der Waals surface area contributed by atoms with Crippen molar-refractivity contribution in [2.45, 2.75) is 57.5 Å². The molecule has 0 spiro atoms. The maximum atomic E-state index is 10.5. The van der Waals surface area contributed by atoms with Gasteiger partial charge in [0, 0.05) is 17.6 Å². The van der Waals surface area contributed by atoms with Crippen molar-refractivity contribution in [3.63, 3.8) is 0 Å². The summed E-state index contributed by atoms with van der Waals surface area (Å²) in [7, 11) is 0. The molecule has 3 nitrogen and oxygen atoms in total. The Kier molecular flexibility index (Phi) is 4.21. The molecule has 1 saturated carbocycles. The molecule has 20 heavy (non-hydrogen) atoms. The third-order valence-electron chi connectivity index (χ3n) is 4.11. The summed E-state index contributed by atoms with van der Waals surface area (Å²) in [4.78, 5) is 0. The number of phenols is 1. The Morgan fingerprint density at radius 3 is 2.60 bits per heavy atom. The van der Waals surface area contributed by atoms with Crippen LogP contribution in [0.25, 0.3) is 6.08 Å². The first kappa shape index (κ1) is 15.1. The van der Waals surface area contributed by atoms with Gasteiger partial charge >= 0.3 is 0 Å². The van der Waals surface area contributed by atoms with E-state index < -0.39 is 0 Å². The zero-order valence-corrected chi connectivity index (χ0v) is 12.7. The molecule has 2 rings (SSSR count). The second-order valence-corrected chi connectivity index (χ2v) is 6.79. The van der Waals surface area contributed by atoms with E-state index in [2.05, 4.69) is 20.8 Å². The lowest BCUT2D eigenvalue weighted by molar-refractivity contribution is 0.444. The van der Waals surface area contributed by atoms with Crippen LogP contribution >= 0.6 is 0 Å². The highest BCUT2D eigenvalue weighted by Gasteiger charge is 2.24. The highest BCUT2D eigenvalue weighted by molar-refractivity contribution is 5.63. The Labute approximate surface area is 121 Å². The van der Waals surface area contributed by atoms with Crippen LogP contribution < -0.4 is 11.5 Å². The SMILES string of the molecule is CC(C)(C)c1cccc(C=C2CCCC(N)C2N)c1O. The molecule has 0 aromatic heterocycles. The summed E-state index contributed by atoms with van der Waals surface area (Å²) in [5.74, 6) is 0.360. The zero-order valence-electron chi connectivity index (χ0n) is 12.7. The van der Waals surface area contributed by atoms with E-state index in [0.717, 1.165) is 36.0 Å². The minimum absolute atomic E-state index is 0.0305. The van der Waals surface area contributed by atoms with Crippen LogP contribution in [0.15, 0.2) is 23.8 Å². The van der Waals surface area contributed by atoms with E-state index in [1.165, 1.54) is 0 Å². The van der Waals surface area contributed by atoms with Gasteiger partial charge in [-0.1, -0.05) is 50.6 Å². The van der Waals surface area contributed by atoms with Gasteiger partial charge in [0.25, 0.3) is 0 Å². The van der Waals surface area contributed by atoms with Crippen molar-refractivity contribution >= 4 is 6.08 Å². The van der Waals surface area contributed by atoms with Crippen molar-refractivity contribution in [2.24, 2.45) is 11.5 Å². The van der Waals surface area contributed by atoms with E-state index in [1.54, 1.807) is 0 Å². The van der Waals surface area contributed by atoms with Crippen LogP contribution in [-0.2, 0) is 5.41 Å². The fourth-order valence-corrected chi connectivity index (χ4v) is 2.81. The molecule has 0 bridgehead atoms. The van der Waals surface area contributed by atoms with Crippen molar-refractivity contribution in [3.8, 4) is 5.75 Å². The molecule has 1 aliphatic carbocycles. The summed E-state index contributed by atoms with van der Waals surface area (Å²) in [5.41, 5.74) is 15.1. The second-order valence-electron chi connectivity index (χ2n) is 6.79. The Balaban J connectivity index is 2.39. The number of hydrogen-bond acceptors (Lipinski definition) is 3. The van der Waals surface area contributed by atoms with Gasteiger partial charge in [-0.25, -0.2) is 0 Å². The maximum absolute atomic E-state index is 10.5. The molecular formula is C17H26N2O. The predicted octanol–water partition coefficient (Wildman–Crippen LogP) is 2.91. The van der Waals surface area contributed by atoms with E-state index in [0.29, 0.717) is 5.75 Å². The molecule has 0 radical (unpaired) electrons. The first-order valence-electron chi connectivity index (χ1n) is 7.35. The molecule has 0 aliphatic heterocycles. The molecule has 1 aromatic rings. The molecule has 1 aromatic carbocycles. The fraction of sp³-hybridized carbons (Fsp3) is 0.529. The second kappa shape index (κ2) is 5.58. The number of hydrogen-bond donors (Lipinski definition) is 3. The van der Waals surface area contributed by atoms with Crippen LogP contribution in [0.1, 0.15) is 51.2 Å². The lowest BCUT2D eigenvalue weighted by atomic mass is 9.83. The molecule has 5 N–H and O–H groups in total. The quantitative estimate of drug-likeness (QED) is 0.737. The first-order chi connectivity index (χ1) is 9.30. The lowest BCUT2D eigenvalue weighted by Gasteiger charge is -2.28. The van der Waals surface area contributed by atoms with E-state index >= 15 is 0 Å². The van der Waals surface area contributed by atoms with Gasteiger partial charge in [0.1, 0.15) is 5.75 Å². The van der Waals surface area contributed by atoms with Crippen molar-refractivity contribution in [2.75, 3.05) is 0 Å². The van der Waals surface area contributed by atoms with Crippen molar-refractivity contribution in [3.05, 3.63) is 34.9 Å². The van der Waals surface area contributed by atoms with Gasteiger partial charge in [-0.2, -0.15) is 0 Å². The number of rotatable bonds is 1. The lowest BCUT2D eigenvalue weighted by Crippen LogP contribution is -2.45. The molecule has 0 saturated heterocycles. The summed E-state index contributed by atoms with van der Waals surface area (Å²) < 4.78 is 0. The topological polar surface area (TPSA) is 72.3 Å². The summed E-state index contributed by atoms with van der Waals surface area (Å²) in [6, 6.07) is 5.83. The third kappa shape index (κ3) is 3.05. The summed E-state index contributed by atoms with van der Waals surface area (Å²) in [6.45, 7) is 6.30. The van der Waals surface area contributed by atoms with Crippen LogP contribution in [0.3, 0.4) is 0 Å². The minimum atomic E-state index is -0.0959. The number of phenolic OH excluding ortho intramolecular Hbond substituents is 1. The van der Waals surface area contributed by atoms with E-state index in [-0.39, 0.29) is 17.5 Å². The Morgan fingerprint density at radius 1 is 1.25 bits per heavy atom. The highest BCUT2D eigenvalue weighted by Crippen LogP contribution is 2.35. The van der Waals surface area contributed by atoms with Crippen LogP contribution in [0, 0.1) is 0 Å². The Bertz CT molecular complexity index is 514. The van der Waals surface area contributed by atoms with Crippen molar-refractivity contribution < 1.29 is 5.11 Å². The predicted molar refractivity (Wildman–Crippen MR) is 84.6 cm³/mol. The van der Waals surface area contributed by atoms with Gasteiger partial charge in [-0.15, -0.1) is 0 Å². The van der Waals surface area contributed by atoms with Crippen LogP contribution in [-0.4, -0.2) is 17.2 Å². The normalized spacial score (nSPS) is 25.9. The standard InChI is InChI=1S/C17H26N2O/c1-17(2,3)13-8-4-7-12(16(13)20)10-11-6-5-9-14(18)15(11)19/h4,7-8,10,14-15,20H,5-6,9,18-19H2,1-3H3. The summed E-state index contributed by atoms with van der Waals surface area (Å²) in [6.07, 6.45) is 5.04. The smallest absolute Gasteiger partial charge is 0.126 e. The number of para-hydroxylation sites is 1. The number of benzene rings is 1. The van der Waals surface area contributed by atoms with Gasteiger partial charge < -0.3 is 16.6 Å². The fourth-order valence-electron chi connectivity index (χ4n) is 2.81. The van der Waals surface area contributed by atoms with Gasteiger partial charge in [-0.3, -0.25) is 0 Å². The Hall–Kier alpha value is -1.32. The van der Waals surface area contributed by atoms with Crippen molar-refractivity contribution in [1.82, 2.24) is 0 Å². The van der Waals surface area contributed by atoms with Crippen molar-refractivity contribution in [1.29, 1.82) is 0 Å². The molecule has 0 heterocycles. The van der Waals surface area contributed by atoms with Crippen LogP contribution in [0.4, 0.5) is 0 Å². The van der Waals surface area contributed by atoms with E-state index in [9.17, 15) is 5.11 Å². The van der Waals surface area contributed by atoms with Gasteiger partial charge in [0.15, 0.2) is 0 Å². The summed E-state index contributed by atoms with van der Waals surface area (Å²) in [5, 5.41) is 10.5. The Morgan fingerprint density at radius 2 is 1.95 bits per heavy atom. The maximum Gasteiger partial charge on any atom is 0.126 e. The average Bonchev–Trinajstić information content (AvgIpc) is 2.36. The zero-order chi connectivity index (χ0) is 14.9. The summed E-state index contributed by atoms with van der Waals surface area (Å²) >= 11 is 0. The molecule has 1 aliphatic rings. The van der Waals surface area contributed by atoms with E-state index in [4.69, 9.17) is 11.5 Å². The number of aromatic hydroxyl groups is 1. The minimum Gasteiger partial charge on any atom is -0.507 e. The number of nitrogens with two attached hydrogens (primary N) is 2. The highest BCUT2D eigenvalue weighted by atomic mass is 16.3.